The second kappa shape index (κ2) is 6.34. The Bertz CT molecular complexity index is 879. The third-order valence-corrected chi connectivity index (χ3v) is 4.26. The van der Waals surface area contributed by atoms with Gasteiger partial charge in [-0.2, -0.15) is 0 Å². The van der Waals surface area contributed by atoms with Gasteiger partial charge in [0.25, 0.3) is 0 Å². The molecule has 2 N–H and O–H groups in total. The summed E-state index contributed by atoms with van der Waals surface area (Å²) in [6.45, 7) is 5.52. The molecule has 3 aromatic heterocycles. The Labute approximate surface area is 134 Å². The number of aryl methyl sites for hydroxylation is 2. The topological polar surface area (TPSA) is 79.7 Å². The zero-order chi connectivity index (χ0) is 16.4. The van der Waals surface area contributed by atoms with E-state index in [0.29, 0.717) is 25.0 Å². The monoisotopic (exact) mass is 311 g/mol. The Kier molecular flexibility index (Phi) is 4.25. The van der Waals surface area contributed by atoms with Gasteiger partial charge in [0.15, 0.2) is 0 Å². The first-order chi connectivity index (χ1) is 11.1. The highest BCUT2D eigenvalue weighted by Gasteiger charge is 2.14. The third kappa shape index (κ3) is 2.77. The number of aliphatic hydroxyl groups is 1. The SMILES string of the molecule is Cc1c(C)n(CCCO)c2ncn(Cc3cccnc3)c(=N)c12. The predicted molar refractivity (Wildman–Crippen MR) is 88.1 cm³/mol. The Morgan fingerprint density at radius 2 is 2.13 bits per heavy atom. The molecule has 120 valence electrons. The van der Waals surface area contributed by atoms with E-state index in [9.17, 15) is 0 Å². The summed E-state index contributed by atoms with van der Waals surface area (Å²) in [5, 5.41) is 18.5. The predicted octanol–water partition coefficient (Wildman–Crippen LogP) is 1.76. The van der Waals surface area contributed by atoms with E-state index in [1.54, 1.807) is 18.7 Å². The molecule has 0 saturated carbocycles. The van der Waals surface area contributed by atoms with E-state index < -0.39 is 0 Å². The zero-order valence-corrected chi connectivity index (χ0v) is 13.5. The molecule has 0 atom stereocenters. The number of hydrogen-bond acceptors (Lipinski definition) is 4. The van der Waals surface area contributed by atoms with Crippen molar-refractivity contribution < 1.29 is 5.11 Å². The molecule has 0 unspecified atom stereocenters. The number of nitrogens with zero attached hydrogens (tertiary/aromatic N) is 4. The second-order valence-electron chi connectivity index (χ2n) is 5.72. The van der Waals surface area contributed by atoms with E-state index in [2.05, 4.69) is 14.5 Å². The van der Waals surface area contributed by atoms with E-state index in [0.717, 1.165) is 27.9 Å². The highest BCUT2D eigenvalue weighted by molar-refractivity contribution is 5.80. The van der Waals surface area contributed by atoms with Crippen LogP contribution in [-0.2, 0) is 13.1 Å². The molecule has 0 spiro atoms. The fourth-order valence-electron chi connectivity index (χ4n) is 2.90. The fourth-order valence-corrected chi connectivity index (χ4v) is 2.90. The largest absolute Gasteiger partial charge is 0.396 e. The van der Waals surface area contributed by atoms with Crippen LogP contribution < -0.4 is 5.49 Å². The minimum Gasteiger partial charge on any atom is -0.396 e. The van der Waals surface area contributed by atoms with Crippen LogP contribution in [0.25, 0.3) is 11.0 Å². The summed E-state index contributed by atoms with van der Waals surface area (Å²) in [5.74, 6) is 0. The molecule has 0 saturated heterocycles. The Morgan fingerprint density at radius 3 is 2.83 bits per heavy atom. The minimum atomic E-state index is 0.153. The first kappa shape index (κ1) is 15.4. The number of aliphatic hydroxyl groups excluding tert-OH is 1. The molecule has 0 bridgehead atoms. The second-order valence-corrected chi connectivity index (χ2v) is 5.72. The van der Waals surface area contributed by atoms with E-state index in [1.807, 2.05) is 30.5 Å². The molecule has 3 aromatic rings. The highest BCUT2D eigenvalue weighted by Crippen LogP contribution is 2.20. The molecular weight excluding hydrogens is 290 g/mol. The first-order valence-electron chi connectivity index (χ1n) is 7.72. The lowest BCUT2D eigenvalue weighted by Crippen LogP contribution is -2.22. The van der Waals surface area contributed by atoms with Gasteiger partial charge in [-0.15, -0.1) is 0 Å². The van der Waals surface area contributed by atoms with Crippen LogP contribution in [0.4, 0.5) is 0 Å². The lowest BCUT2D eigenvalue weighted by molar-refractivity contribution is 0.280. The van der Waals surface area contributed by atoms with Gasteiger partial charge in [0, 0.05) is 31.2 Å². The molecule has 0 amide bonds. The van der Waals surface area contributed by atoms with Crippen molar-refractivity contribution in [1.29, 1.82) is 5.41 Å². The van der Waals surface area contributed by atoms with Gasteiger partial charge in [0.1, 0.15) is 11.1 Å². The van der Waals surface area contributed by atoms with E-state index in [-0.39, 0.29) is 6.61 Å². The van der Waals surface area contributed by atoms with Gasteiger partial charge in [-0.3, -0.25) is 10.4 Å². The van der Waals surface area contributed by atoms with Crippen LogP contribution in [0.15, 0.2) is 30.9 Å². The van der Waals surface area contributed by atoms with Crippen LogP contribution >= 0.6 is 0 Å². The van der Waals surface area contributed by atoms with Crippen molar-refractivity contribution in [3.8, 4) is 0 Å². The summed E-state index contributed by atoms with van der Waals surface area (Å²) < 4.78 is 3.93. The molecule has 6 nitrogen and oxygen atoms in total. The maximum atomic E-state index is 9.08. The molecule has 3 heterocycles. The molecular formula is C17H21N5O. The van der Waals surface area contributed by atoms with Gasteiger partial charge >= 0.3 is 0 Å². The van der Waals surface area contributed by atoms with Crippen LogP contribution in [0, 0.1) is 19.3 Å². The number of aromatic nitrogens is 4. The molecule has 0 aliphatic carbocycles. The van der Waals surface area contributed by atoms with Crippen LogP contribution in [0.1, 0.15) is 23.2 Å². The molecule has 6 heteroatoms. The lowest BCUT2D eigenvalue weighted by atomic mass is 10.2. The molecule has 0 radical (unpaired) electrons. The summed E-state index contributed by atoms with van der Waals surface area (Å²) in [6, 6.07) is 3.89. The molecule has 0 aromatic carbocycles. The van der Waals surface area contributed by atoms with Gasteiger partial charge in [0.05, 0.1) is 18.3 Å². The minimum absolute atomic E-state index is 0.153. The van der Waals surface area contributed by atoms with Crippen LogP contribution in [0.3, 0.4) is 0 Å². The molecule has 0 aliphatic rings. The summed E-state index contributed by atoms with van der Waals surface area (Å²) in [6.07, 6.45) is 5.95. The molecule has 0 fully saturated rings. The quantitative estimate of drug-likeness (QED) is 0.753. The van der Waals surface area contributed by atoms with Crippen LogP contribution in [-0.4, -0.2) is 30.8 Å². The Morgan fingerprint density at radius 1 is 1.30 bits per heavy atom. The summed E-state index contributed by atoms with van der Waals surface area (Å²) in [4.78, 5) is 8.70. The average Bonchev–Trinajstić information content (AvgIpc) is 2.81. The van der Waals surface area contributed by atoms with Gasteiger partial charge < -0.3 is 14.2 Å². The molecule has 0 aliphatic heterocycles. The Hall–Kier alpha value is -2.47. The maximum absolute atomic E-state index is 9.08. The zero-order valence-electron chi connectivity index (χ0n) is 13.5. The van der Waals surface area contributed by atoms with Crippen molar-refractivity contribution in [3.63, 3.8) is 0 Å². The lowest BCUT2D eigenvalue weighted by Gasteiger charge is -2.09. The van der Waals surface area contributed by atoms with Gasteiger partial charge in [-0.25, -0.2) is 4.98 Å². The number of fused-ring (bicyclic) bond motifs is 1. The van der Waals surface area contributed by atoms with E-state index in [1.165, 1.54) is 0 Å². The standard InChI is InChI=1S/C17H21N5O/c1-12-13(2)22(7-4-8-23)17-15(12)16(18)21(11-20-17)10-14-5-3-6-19-9-14/h3,5-6,9,11,18,23H,4,7-8,10H2,1-2H3. The summed E-state index contributed by atoms with van der Waals surface area (Å²) in [5.41, 5.74) is 4.51. The third-order valence-electron chi connectivity index (χ3n) is 4.26. The van der Waals surface area contributed by atoms with Crippen molar-refractivity contribution in [2.45, 2.75) is 33.4 Å². The van der Waals surface area contributed by atoms with Crippen molar-refractivity contribution in [1.82, 2.24) is 19.1 Å². The first-order valence-corrected chi connectivity index (χ1v) is 7.72. The fraction of sp³-hybridized carbons (Fsp3) is 0.353. The molecule has 3 rings (SSSR count). The van der Waals surface area contributed by atoms with Gasteiger partial charge in [-0.1, -0.05) is 6.07 Å². The van der Waals surface area contributed by atoms with Crippen molar-refractivity contribution in [2.75, 3.05) is 6.61 Å². The smallest absolute Gasteiger partial charge is 0.145 e. The van der Waals surface area contributed by atoms with Crippen LogP contribution in [0.2, 0.25) is 0 Å². The maximum Gasteiger partial charge on any atom is 0.145 e. The highest BCUT2D eigenvalue weighted by atomic mass is 16.3. The Balaban J connectivity index is 2.09. The van der Waals surface area contributed by atoms with Crippen molar-refractivity contribution in [3.05, 3.63) is 53.2 Å². The van der Waals surface area contributed by atoms with E-state index >= 15 is 0 Å². The number of rotatable bonds is 5. The van der Waals surface area contributed by atoms with Crippen molar-refractivity contribution in [2.24, 2.45) is 0 Å². The van der Waals surface area contributed by atoms with Gasteiger partial charge in [0.2, 0.25) is 0 Å². The normalized spacial score (nSPS) is 11.3. The van der Waals surface area contributed by atoms with E-state index in [4.69, 9.17) is 10.5 Å². The summed E-state index contributed by atoms with van der Waals surface area (Å²) in [7, 11) is 0. The number of nitrogens with one attached hydrogen (secondary N) is 1. The number of pyridine rings is 1. The number of hydrogen-bond donors (Lipinski definition) is 2. The molecule has 23 heavy (non-hydrogen) atoms. The van der Waals surface area contributed by atoms with Crippen molar-refractivity contribution >= 4 is 11.0 Å². The van der Waals surface area contributed by atoms with Crippen LogP contribution in [0.5, 0.6) is 0 Å². The van der Waals surface area contributed by atoms with Gasteiger partial charge in [-0.05, 0) is 37.5 Å². The average molecular weight is 311 g/mol. The summed E-state index contributed by atoms with van der Waals surface area (Å²) >= 11 is 0.